The van der Waals surface area contributed by atoms with E-state index < -0.39 is 0 Å². The molecule has 1 unspecified atom stereocenters. The van der Waals surface area contributed by atoms with Crippen LogP contribution in [-0.2, 0) is 6.42 Å². The van der Waals surface area contributed by atoms with Gasteiger partial charge in [-0.1, -0.05) is 54.6 Å². The summed E-state index contributed by atoms with van der Waals surface area (Å²) < 4.78 is 0. The lowest BCUT2D eigenvalue weighted by Gasteiger charge is -2.14. The number of nitrogens with zero attached hydrogens (tertiary/aromatic N) is 2. The Morgan fingerprint density at radius 2 is 1.84 bits per heavy atom. The number of hydrogen-bond acceptors (Lipinski definition) is 4. The van der Waals surface area contributed by atoms with E-state index in [0.29, 0.717) is 5.69 Å². The molecule has 1 amide bonds. The van der Waals surface area contributed by atoms with Gasteiger partial charge in [-0.3, -0.25) is 4.79 Å². The van der Waals surface area contributed by atoms with E-state index in [-0.39, 0.29) is 23.5 Å². The predicted octanol–water partition coefficient (Wildman–Crippen LogP) is 3.14. The molecule has 5 heteroatoms. The van der Waals surface area contributed by atoms with E-state index in [9.17, 15) is 4.79 Å². The Morgan fingerprint density at radius 3 is 2.68 bits per heavy atom. The number of nitrogens with two attached hydrogens (primary N) is 1. The minimum Gasteiger partial charge on any atom is -0.382 e. The third kappa shape index (κ3) is 2.96. The van der Waals surface area contributed by atoms with Crippen LogP contribution in [0, 0.1) is 0 Å². The summed E-state index contributed by atoms with van der Waals surface area (Å²) in [4.78, 5) is 21.3. The van der Waals surface area contributed by atoms with Crippen molar-refractivity contribution in [2.75, 3.05) is 5.73 Å². The van der Waals surface area contributed by atoms with Gasteiger partial charge in [-0.2, -0.15) is 0 Å². The number of anilines is 1. The molecule has 5 nitrogen and oxygen atoms in total. The maximum atomic E-state index is 12.7. The van der Waals surface area contributed by atoms with Crippen molar-refractivity contribution < 1.29 is 4.79 Å². The van der Waals surface area contributed by atoms with E-state index in [2.05, 4.69) is 27.4 Å². The van der Waals surface area contributed by atoms with Crippen molar-refractivity contribution in [3.8, 4) is 11.3 Å². The van der Waals surface area contributed by atoms with Gasteiger partial charge in [-0.25, -0.2) is 9.97 Å². The molecular weight excluding hydrogens is 312 g/mol. The van der Waals surface area contributed by atoms with Gasteiger partial charge < -0.3 is 11.1 Å². The minimum atomic E-state index is -0.288. The number of nitrogens with one attached hydrogen (secondary N) is 1. The molecule has 1 aliphatic carbocycles. The van der Waals surface area contributed by atoms with Gasteiger partial charge in [0.1, 0.15) is 0 Å². The van der Waals surface area contributed by atoms with Gasteiger partial charge in [0.05, 0.1) is 17.9 Å². The molecular formula is C20H18N4O. The second-order valence-corrected chi connectivity index (χ2v) is 6.12. The molecule has 25 heavy (non-hydrogen) atoms. The van der Waals surface area contributed by atoms with Crippen molar-refractivity contribution >= 4 is 11.7 Å². The highest BCUT2D eigenvalue weighted by molar-refractivity contribution is 5.97. The molecule has 0 saturated carbocycles. The Balaban J connectivity index is 1.61. The van der Waals surface area contributed by atoms with E-state index >= 15 is 0 Å². The van der Waals surface area contributed by atoms with Crippen LogP contribution in [0.3, 0.4) is 0 Å². The first-order chi connectivity index (χ1) is 12.2. The average Bonchev–Trinajstić information content (AvgIpc) is 3.06. The number of benzene rings is 2. The van der Waals surface area contributed by atoms with Crippen LogP contribution in [0.5, 0.6) is 0 Å². The number of hydrogen-bond donors (Lipinski definition) is 2. The fraction of sp³-hybridized carbons (Fsp3) is 0.150. The normalized spacial score (nSPS) is 15.6. The largest absolute Gasteiger partial charge is 0.382 e. The van der Waals surface area contributed by atoms with E-state index in [1.807, 2.05) is 42.5 Å². The standard InChI is InChI=1S/C20H18N4O/c21-19-18(23-17(12-22-19)14-7-2-1-3-8-14)20(25)24-16-11-10-13-6-4-5-9-15(13)16/h1-9,12,16H,10-11H2,(H2,21,22)(H,24,25). The molecule has 4 rings (SSSR count). The SMILES string of the molecule is Nc1ncc(-c2ccccc2)nc1C(=O)NC1CCc2ccccc21. The average molecular weight is 330 g/mol. The molecule has 1 aliphatic rings. The predicted molar refractivity (Wildman–Crippen MR) is 96.9 cm³/mol. The molecule has 0 aliphatic heterocycles. The summed E-state index contributed by atoms with van der Waals surface area (Å²) >= 11 is 0. The van der Waals surface area contributed by atoms with Gasteiger partial charge in [0.25, 0.3) is 5.91 Å². The van der Waals surface area contributed by atoms with Crippen LogP contribution in [0.1, 0.15) is 34.1 Å². The van der Waals surface area contributed by atoms with Gasteiger partial charge in [0.2, 0.25) is 0 Å². The molecule has 2 aromatic carbocycles. The summed E-state index contributed by atoms with van der Waals surface area (Å²) in [6, 6.07) is 17.8. The number of fused-ring (bicyclic) bond motifs is 1. The molecule has 1 atom stereocenters. The molecule has 3 N–H and O–H groups in total. The maximum Gasteiger partial charge on any atom is 0.274 e. The van der Waals surface area contributed by atoms with Gasteiger partial charge >= 0.3 is 0 Å². The molecule has 3 aromatic rings. The Morgan fingerprint density at radius 1 is 1.08 bits per heavy atom. The number of rotatable bonds is 3. The highest BCUT2D eigenvalue weighted by Crippen LogP contribution is 2.31. The molecule has 0 radical (unpaired) electrons. The third-order valence-electron chi connectivity index (χ3n) is 4.52. The van der Waals surface area contributed by atoms with Crippen molar-refractivity contribution in [2.45, 2.75) is 18.9 Å². The molecule has 1 aromatic heterocycles. The molecule has 0 saturated heterocycles. The summed E-state index contributed by atoms with van der Waals surface area (Å²) in [7, 11) is 0. The van der Waals surface area contributed by atoms with Crippen LogP contribution in [0.2, 0.25) is 0 Å². The molecule has 0 spiro atoms. The van der Waals surface area contributed by atoms with Crippen molar-refractivity contribution in [1.29, 1.82) is 0 Å². The Bertz CT molecular complexity index is 924. The quantitative estimate of drug-likeness (QED) is 0.773. The lowest BCUT2D eigenvalue weighted by Crippen LogP contribution is -2.29. The lowest BCUT2D eigenvalue weighted by atomic mass is 10.1. The number of aryl methyl sites for hydroxylation is 1. The molecule has 124 valence electrons. The summed E-state index contributed by atoms with van der Waals surface area (Å²) in [5.41, 5.74) is 10.1. The van der Waals surface area contributed by atoms with Crippen molar-refractivity contribution in [2.24, 2.45) is 0 Å². The highest BCUT2D eigenvalue weighted by Gasteiger charge is 2.25. The molecule has 1 heterocycles. The van der Waals surface area contributed by atoms with Gasteiger partial charge in [-0.15, -0.1) is 0 Å². The van der Waals surface area contributed by atoms with Gasteiger partial charge in [-0.05, 0) is 24.0 Å². The number of carbonyl (C=O) groups excluding carboxylic acids is 1. The Hall–Kier alpha value is -3.21. The fourth-order valence-electron chi connectivity index (χ4n) is 3.25. The topological polar surface area (TPSA) is 80.9 Å². The second kappa shape index (κ2) is 6.36. The molecule has 0 fully saturated rings. The number of amides is 1. The van der Waals surface area contributed by atoms with E-state index in [1.165, 1.54) is 11.1 Å². The van der Waals surface area contributed by atoms with Crippen LogP contribution in [-0.4, -0.2) is 15.9 Å². The first-order valence-electron chi connectivity index (χ1n) is 8.29. The summed E-state index contributed by atoms with van der Waals surface area (Å²) in [5, 5.41) is 3.05. The van der Waals surface area contributed by atoms with Crippen LogP contribution in [0.4, 0.5) is 5.82 Å². The number of carbonyl (C=O) groups is 1. The molecule has 0 bridgehead atoms. The van der Waals surface area contributed by atoms with E-state index in [4.69, 9.17) is 5.73 Å². The Kier molecular flexibility index (Phi) is 3.90. The lowest BCUT2D eigenvalue weighted by molar-refractivity contribution is 0.0932. The Labute approximate surface area is 145 Å². The first-order valence-corrected chi connectivity index (χ1v) is 8.29. The highest BCUT2D eigenvalue weighted by atomic mass is 16.2. The fourth-order valence-corrected chi connectivity index (χ4v) is 3.25. The zero-order valence-electron chi connectivity index (χ0n) is 13.6. The van der Waals surface area contributed by atoms with Crippen molar-refractivity contribution in [1.82, 2.24) is 15.3 Å². The second-order valence-electron chi connectivity index (χ2n) is 6.12. The zero-order valence-corrected chi connectivity index (χ0v) is 13.6. The first kappa shape index (κ1) is 15.3. The smallest absolute Gasteiger partial charge is 0.274 e. The zero-order chi connectivity index (χ0) is 17.2. The number of nitrogen functional groups attached to an aromatic ring is 1. The number of aromatic nitrogens is 2. The third-order valence-corrected chi connectivity index (χ3v) is 4.52. The minimum absolute atomic E-state index is 0.00900. The summed E-state index contributed by atoms with van der Waals surface area (Å²) in [5.74, 6) is -0.145. The van der Waals surface area contributed by atoms with E-state index in [1.54, 1.807) is 6.20 Å². The van der Waals surface area contributed by atoms with E-state index in [0.717, 1.165) is 18.4 Å². The van der Waals surface area contributed by atoms with Crippen molar-refractivity contribution in [3.05, 3.63) is 77.6 Å². The monoisotopic (exact) mass is 330 g/mol. The summed E-state index contributed by atoms with van der Waals surface area (Å²) in [6.07, 6.45) is 3.44. The van der Waals surface area contributed by atoms with Crippen molar-refractivity contribution in [3.63, 3.8) is 0 Å². The van der Waals surface area contributed by atoms with Crippen LogP contribution in [0.25, 0.3) is 11.3 Å². The summed E-state index contributed by atoms with van der Waals surface area (Å²) in [6.45, 7) is 0. The maximum absolute atomic E-state index is 12.7. The van der Waals surface area contributed by atoms with Crippen LogP contribution >= 0.6 is 0 Å². The van der Waals surface area contributed by atoms with Gasteiger partial charge in [0, 0.05) is 5.56 Å². The van der Waals surface area contributed by atoms with Crippen LogP contribution < -0.4 is 11.1 Å². The van der Waals surface area contributed by atoms with Gasteiger partial charge in [0.15, 0.2) is 11.5 Å². The van der Waals surface area contributed by atoms with Crippen LogP contribution in [0.15, 0.2) is 60.8 Å².